The highest BCUT2D eigenvalue weighted by atomic mass is 32.1. The van der Waals surface area contributed by atoms with Crippen molar-refractivity contribution in [1.29, 1.82) is 0 Å². The number of aryl methyl sites for hydroxylation is 3. The molecule has 10 heteroatoms. The number of carbonyl (C=O) groups is 3. The van der Waals surface area contributed by atoms with E-state index in [9.17, 15) is 14.4 Å². The van der Waals surface area contributed by atoms with E-state index in [4.69, 9.17) is 15.9 Å². The van der Waals surface area contributed by atoms with Crippen LogP contribution in [0.3, 0.4) is 0 Å². The molecule has 3 amide bonds. The van der Waals surface area contributed by atoms with E-state index in [1.54, 1.807) is 19.1 Å². The third-order valence-electron chi connectivity index (χ3n) is 6.24. The van der Waals surface area contributed by atoms with E-state index in [0.29, 0.717) is 17.2 Å². The molecular formula is C25H29N5O4S. The Balaban J connectivity index is 1.88. The first-order valence-corrected chi connectivity index (χ1v) is 12.3. The van der Waals surface area contributed by atoms with Gasteiger partial charge in [-0.3, -0.25) is 19.3 Å². The van der Waals surface area contributed by atoms with E-state index in [1.807, 2.05) is 32.0 Å². The lowest BCUT2D eigenvalue weighted by Gasteiger charge is -2.32. The second kappa shape index (κ2) is 9.91. The van der Waals surface area contributed by atoms with Crippen molar-refractivity contribution in [3.8, 4) is 0 Å². The Morgan fingerprint density at radius 2 is 1.86 bits per heavy atom. The lowest BCUT2D eigenvalue weighted by atomic mass is 10.0. The number of anilines is 2. The van der Waals surface area contributed by atoms with Crippen LogP contribution < -0.4 is 21.7 Å². The monoisotopic (exact) mass is 495 g/mol. The van der Waals surface area contributed by atoms with Crippen molar-refractivity contribution in [2.75, 3.05) is 10.6 Å². The molecule has 1 aliphatic carbocycles. The second-order valence-electron chi connectivity index (χ2n) is 8.94. The van der Waals surface area contributed by atoms with E-state index >= 15 is 0 Å². The zero-order valence-electron chi connectivity index (χ0n) is 20.0. The SMILES string of the molecule is Cc1ccc(C)c(N(C(=O)c2snc(C(N)=O)c2N)C(C(=O)NC2CCCC2)c2ccc(C)o2)c1. The highest BCUT2D eigenvalue weighted by Gasteiger charge is 2.39. The fraction of sp³-hybridized carbons (Fsp3) is 0.360. The molecule has 184 valence electrons. The molecule has 0 saturated heterocycles. The molecule has 1 unspecified atom stereocenters. The van der Waals surface area contributed by atoms with Gasteiger partial charge in [0.1, 0.15) is 16.4 Å². The first-order chi connectivity index (χ1) is 16.7. The van der Waals surface area contributed by atoms with Gasteiger partial charge in [-0.25, -0.2) is 0 Å². The zero-order valence-corrected chi connectivity index (χ0v) is 20.8. The maximum absolute atomic E-state index is 14.1. The van der Waals surface area contributed by atoms with Crippen molar-refractivity contribution < 1.29 is 18.8 Å². The fourth-order valence-electron chi connectivity index (χ4n) is 4.41. The van der Waals surface area contributed by atoms with Crippen molar-refractivity contribution in [2.45, 2.75) is 58.5 Å². The van der Waals surface area contributed by atoms with Crippen LogP contribution in [0.1, 0.15) is 74.5 Å². The Labute approximate surface area is 207 Å². The van der Waals surface area contributed by atoms with Crippen molar-refractivity contribution in [2.24, 2.45) is 5.73 Å². The Hall–Kier alpha value is -3.66. The molecule has 2 aromatic heterocycles. The summed E-state index contributed by atoms with van der Waals surface area (Å²) in [5, 5.41) is 3.10. The minimum absolute atomic E-state index is 0.0293. The van der Waals surface area contributed by atoms with E-state index < -0.39 is 17.9 Å². The molecule has 4 rings (SSSR count). The van der Waals surface area contributed by atoms with Crippen molar-refractivity contribution in [3.63, 3.8) is 0 Å². The Morgan fingerprint density at radius 1 is 1.14 bits per heavy atom. The molecule has 9 nitrogen and oxygen atoms in total. The van der Waals surface area contributed by atoms with Crippen LogP contribution in [0.2, 0.25) is 0 Å². The Morgan fingerprint density at radius 3 is 2.46 bits per heavy atom. The largest absolute Gasteiger partial charge is 0.464 e. The van der Waals surface area contributed by atoms with Gasteiger partial charge in [0.2, 0.25) is 0 Å². The predicted molar refractivity (Wildman–Crippen MR) is 134 cm³/mol. The lowest BCUT2D eigenvalue weighted by Crippen LogP contribution is -2.46. The first kappa shape index (κ1) is 24.5. The molecule has 1 aliphatic rings. The number of hydrogen-bond donors (Lipinski definition) is 3. The van der Waals surface area contributed by atoms with Gasteiger partial charge < -0.3 is 21.2 Å². The van der Waals surface area contributed by atoms with Crippen molar-refractivity contribution >= 4 is 40.6 Å². The van der Waals surface area contributed by atoms with Gasteiger partial charge in [0.05, 0.1) is 5.69 Å². The quantitative estimate of drug-likeness (QED) is 0.455. The lowest BCUT2D eigenvalue weighted by molar-refractivity contribution is -0.123. The number of rotatable bonds is 7. The van der Waals surface area contributed by atoms with Gasteiger partial charge >= 0.3 is 0 Å². The number of furan rings is 1. The van der Waals surface area contributed by atoms with Crippen LogP contribution in [0.4, 0.5) is 11.4 Å². The highest BCUT2D eigenvalue weighted by molar-refractivity contribution is 7.09. The molecule has 0 radical (unpaired) electrons. The molecular weight excluding hydrogens is 466 g/mol. The molecule has 1 fully saturated rings. The number of benzene rings is 1. The van der Waals surface area contributed by atoms with Gasteiger partial charge in [-0.1, -0.05) is 25.0 Å². The number of amides is 3. The molecule has 1 saturated carbocycles. The van der Waals surface area contributed by atoms with E-state index in [1.165, 1.54) is 4.90 Å². The van der Waals surface area contributed by atoms with Crippen LogP contribution in [0, 0.1) is 20.8 Å². The third-order valence-corrected chi connectivity index (χ3v) is 7.09. The fourth-order valence-corrected chi connectivity index (χ4v) is 5.15. The number of nitrogens with one attached hydrogen (secondary N) is 1. The van der Waals surface area contributed by atoms with E-state index in [-0.39, 0.29) is 28.2 Å². The highest BCUT2D eigenvalue weighted by Crippen LogP contribution is 2.36. The summed E-state index contributed by atoms with van der Waals surface area (Å²) in [6.07, 6.45) is 3.86. The summed E-state index contributed by atoms with van der Waals surface area (Å²) in [6.45, 7) is 5.54. The van der Waals surface area contributed by atoms with Gasteiger partial charge in [0.25, 0.3) is 17.7 Å². The van der Waals surface area contributed by atoms with Gasteiger partial charge in [0, 0.05) is 11.7 Å². The number of nitrogen functional groups attached to an aromatic ring is 1. The Kier molecular flexibility index (Phi) is 6.93. The van der Waals surface area contributed by atoms with Crippen LogP contribution in [-0.2, 0) is 4.79 Å². The second-order valence-corrected chi connectivity index (χ2v) is 9.72. The Bertz CT molecular complexity index is 1270. The first-order valence-electron chi connectivity index (χ1n) is 11.5. The predicted octanol–water partition coefficient (Wildman–Crippen LogP) is 3.79. The summed E-state index contributed by atoms with van der Waals surface area (Å²) in [4.78, 5) is 41.0. The molecule has 0 spiro atoms. The van der Waals surface area contributed by atoms with Gasteiger partial charge in [-0.05, 0) is 74.5 Å². The molecule has 1 atom stereocenters. The average Bonchev–Trinajstić information content (AvgIpc) is 3.55. The molecule has 0 bridgehead atoms. The van der Waals surface area contributed by atoms with Crippen LogP contribution in [0.25, 0.3) is 0 Å². The third kappa shape index (κ3) is 4.93. The average molecular weight is 496 g/mol. The van der Waals surface area contributed by atoms with Crippen LogP contribution in [0.5, 0.6) is 0 Å². The van der Waals surface area contributed by atoms with Gasteiger partial charge in [0.15, 0.2) is 11.7 Å². The van der Waals surface area contributed by atoms with Gasteiger partial charge in [-0.15, -0.1) is 0 Å². The number of nitrogens with zero attached hydrogens (tertiary/aromatic N) is 2. The number of hydrogen-bond acceptors (Lipinski definition) is 7. The molecule has 5 N–H and O–H groups in total. The van der Waals surface area contributed by atoms with Crippen molar-refractivity contribution in [1.82, 2.24) is 9.69 Å². The normalized spacial score (nSPS) is 14.6. The number of nitrogens with two attached hydrogens (primary N) is 2. The topological polar surface area (TPSA) is 145 Å². The minimum atomic E-state index is -1.10. The zero-order chi connectivity index (χ0) is 25.3. The maximum atomic E-state index is 14.1. The van der Waals surface area contributed by atoms with Gasteiger partial charge in [-0.2, -0.15) is 4.37 Å². The van der Waals surface area contributed by atoms with E-state index in [2.05, 4.69) is 9.69 Å². The summed E-state index contributed by atoms with van der Waals surface area (Å²) in [6, 6.07) is 8.04. The van der Waals surface area contributed by atoms with E-state index in [0.717, 1.165) is 48.3 Å². The molecule has 1 aromatic carbocycles. The van der Waals surface area contributed by atoms with Crippen molar-refractivity contribution in [3.05, 3.63) is 63.6 Å². The standard InChI is InChI=1S/C25H29N5O4S/c1-13-8-9-14(2)17(12-13)30(25(33)22-19(26)20(23(27)31)29-35-22)21(18-11-10-15(3)34-18)24(32)28-16-6-4-5-7-16/h8-12,16,21H,4-7,26H2,1-3H3,(H2,27,31)(H,28,32). The smallest absolute Gasteiger partial charge is 0.273 e. The summed E-state index contributed by atoms with van der Waals surface area (Å²) in [5.74, 6) is -0.806. The maximum Gasteiger partial charge on any atom is 0.273 e. The number of primary amides is 1. The molecule has 2 heterocycles. The minimum Gasteiger partial charge on any atom is -0.464 e. The van der Waals surface area contributed by atoms with Crippen LogP contribution in [-0.4, -0.2) is 28.1 Å². The molecule has 0 aliphatic heterocycles. The summed E-state index contributed by atoms with van der Waals surface area (Å²) in [7, 11) is 0. The molecule has 3 aromatic rings. The van der Waals surface area contributed by atoms with Crippen LogP contribution in [0.15, 0.2) is 34.7 Å². The van der Waals surface area contributed by atoms with Crippen LogP contribution >= 0.6 is 11.5 Å². The summed E-state index contributed by atoms with van der Waals surface area (Å²) >= 11 is 0.779. The molecule has 35 heavy (non-hydrogen) atoms. The number of aromatic nitrogens is 1. The number of carbonyl (C=O) groups excluding carboxylic acids is 3. The summed E-state index contributed by atoms with van der Waals surface area (Å²) in [5.41, 5.74) is 13.4. The summed E-state index contributed by atoms with van der Waals surface area (Å²) < 4.78 is 9.88.